The van der Waals surface area contributed by atoms with Gasteiger partial charge in [-0.2, -0.15) is 0 Å². The summed E-state index contributed by atoms with van der Waals surface area (Å²) in [6.07, 6.45) is 0. The predicted octanol–water partition coefficient (Wildman–Crippen LogP) is 4.28. The lowest BCUT2D eigenvalue weighted by Gasteiger charge is -2.13. The van der Waals surface area contributed by atoms with Crippen molar-refractivity contribution in [1.82, 2.24) is 15.0 Å². The second-order valence-electron chi connectivity index (χ2n) is 6.83. The minimum atomic E-state index is -3.83. The van der Waals surface area contributed by atoms with Gasteiger partial charge in [0.15, 0.2) is 5.69 Å². The molecule has 0 atom stereocenters. The number of para-hydroxylation sites is 2. The first-order chi connectivity index (χ1) is 15.3. The Hall–Kier alpha value is -3.69. The largest absolute Gasteiger partial charge is 0.319 e. The Labute approximate surface area is 189 Å². The third-order valence-corrected chi connectivity index (χ3v) is 6.25. The standard InChI is InChI=1S/C22H18ClN5O3S/c1-15-21(25-27-28(15)17-9-7-8-16(23)14-17)22(29)24-19-12-5-6-13-20(19)26-32(30,31)18-10-3-2-4-11-18/h2-14,26H,1H3,(H,24,29). The number of sulfonamides is 1. The van der Waals surface area contributed by atoms with Gasteiger partial charge in [-0.15, -0.1) is 5.10 Å². The highest BCUT2D eigenvalue weighted by molar-refractivity contribution is 7.92. The highest BCUT2D eigenvalue weighted by Crippen LogP contribution is 2.25. The lowest BCUT2D eigenvalue weighted by molar-refractivity contribution is 0.102. The number of benzene rings is 3. The minimum Gasteiger partial charge on any atom is -0.319 e. The average molecular weight is 468 g/mol. The zero-order valence-corrected chi connectivity index (χ0v) is 18.4. The van der Waals surface area contributed by atoms with Gasteiger partial charge in [0.25, 0.3) is 15.9 Å². The highest BCUT2D eigenvalue weighted by atomic mass is 35.5. The van der Waals surface area contributed by atoms with Crippen LogP contribution in [0.1, 0.15) is 16.2 Å². The molecule has 0 aliphatic carbocycles. The monoisotopic (exact) mass is 467 g/mol. The van der Waals surface area contributed by atoms with Crippen molar-refractivity contribution < 1.29 is 13.2 Å². The van der Waals surface area contributed by atoms with Gasteiger partial charge in [-0.1, -0.05) is 53.2 Å². The maximum Gasteiger partial charge on any atom is 0.278 e. The molecule has 0 fully saturated rings. The lowest BCUT2D eigenvalue weighted by Crippen LogP contribution is -2.18. The molecule has 0 aliphatic heterocycles. The van der Waals surface area contributed by atoms with Gasteiger partial charge in [-0.3, -0.25) is 9.52 Å². The molecule has 0 spiro atoms. The first-order valence-electron chi connectivity index (χ1n) is 9.51. The Morgan fingerprint density at radius 1 is 0.938 bits per heavy atom. The topological polar surface area (TPSA) is 106 Å². The molecule has 1 heterocycles. The second-order valence-corrected chi connectivity index (χ2v) is 8.95. The van der Waals surface area contributed by atoms with Crippen molar-refractivity contribution in [3.05, 3.63) is 95.3 Å². The molecule has 0 bridgehead atoms. The fourth-order valence-corrected chi connectivity index (χ4v) is 4.34. The summed E-state index contributed by atoms with van der Waals surface area (Å²) in [5.74, 6) is -0.526. The van der Waals surface area contributed by atoms with Crippen LogP contribution in [-0.2, 0) is 10.0 Å². The van der Waals surface area contributed by atoms with Gasteiger partial charge in [-0.25, -0.2) is 13.1 Å². The number of rotatable bonds is 6. The van der Waals surface area contributed by atoms with E-state index >= 15 is 0 Å². The van der Waals surface area contributed by atoms with E-state index in [0.717, 1.165) is 0 Å². The zero-order chi connectivity index (χ0) is 22.7. The van der Waals surface area contributed by atoms with Crippen molar-refractivity contribution in [2.45, 2.75) is 11.8 Å². The summed E-state index contributed by atoms with van der Waals surface area (Å²) in [6.45, 7) is 1.71. The number of nitrogens with zero attached hydrogens (tertiary/aromatic N) is 3. The van der Waals surface area contributed by atoms with Crippen LogP contribution in [0.25, 0.3) is 5.69 Å². The molecule has 1 amide bonds. The number of nitrogens with one attached hydrogen (secondary N) is 2. The van der Waals surface area contributed by atoms with Crippen molar-refractivity contribution in [3.8, 4) is 5.69 Å². The van der Waals surface area contributed by atoms with Crippen molar-refractivity contribution in [3.63, 3.8) is 0 Å². The fourth-order valence-electron chi connectivity index (χ4n) is 3.06. The molecule has 10 heteroatoms. The van der Waals surface area contributed by atoms with Gasteiger partial charge < -0.3 is 5.32 Å². The van der Waals surface area contributed by atoms with E-state index in [-0.39, 0.29) is 22.0 Å². The van der Waals surface area contributed by atoms with Gasteiger partial charge in [0.1, 0.15) is 0 Å². The fraction of sp³-hybridized carbons (Fsp3) is 0.0455. The first kappa shape index (κ1) is 21.5. The molecule has 32 heavy (non-hydrogen) atoms. The van der Waals surface area contributed by atoms with Crippen LogP contribution in [0.3, 0.4) is 0 Å². The van der Waals surface area contributed by atoms with Crippen LogP contribution >= 0.6 is 11.6 Å². The summed E-state index contributed by atoms with van der Waals surface area (Å²) < 4.78 is 29.4. The summed E-state index contributed by atoms with van der Waals surface area (Å²) in [7, 11) is -3.83. The van der Waals surface area contributed by atoms with Crippen molar-refractivity contribution in [1.29, 1.82) is 0 Å². The van der Waals surface area contributed by atoms with E-state index in [9.17, 15) is 13.2 Å². The quantitative estimate of drug-likeness (QED) is 0.440. The number of carbonyl (C=O) groups excluding carboxylic acids is 1. The molecule has 4 rings (SSSR count). The van der Waals surface area contributed by atoms with Crippen molar-refractivity contribution in [2.24, 2.45) is 0 Å². The normalized spacial score (nSPS) is 11.2. The van der Waals surface area contributed by atoms with Crippen LogP contribution in [0.2, 0.25) is 5.02 Å². The number of aromatic nitrogens is 3. The van der Waals surface area contributed by atoms with Crippen LogP contribution in [0.5, 0.6) is 0 Å². The molecule has 0 aliphatic rings. The molecule has 162 valence electrons. The summed E-state index contributed by atoms with van der Waals surface area (Å²) >= 11 is 6.04. The van der Waals surface area contributed by atoms with Crippen LogP contribution in [0.4, 0.5) is 11.4 Å². The third-order valence-electron chi connectivity index (χ3n) is 4.64. The molecule has 0 unspecified atom stereocenters. The summed E-state index contributed by atoms with van der Waals surface area (Å²) in [5, 5.41) is 11.3. The predicted molar refractivity (Wildman–Crippen MR) is 123 cm³/mol. The van der Waals surface area contributed by atoms with Crippen LogP contribution in [-0.4, -0.2) is 29.3 Å². The molecular weight excluding hydrogens is 450 g/mol. The number of halogens is 1. The molecule has 4 aromatic rings. The summed E-state index contributed by atoms with van der Waals surface area (Å²) in [5.41, 5.74) is 1.79. The van der Waals surface area contributed by atoms with Crippen LogP contribution in [0.15, 0.2) is 83.8 Å². The van der Waals surface area contributed by atoms with Crippen LogP contribution in [0, 0.1) is 6.92 Å². The van der Waals surface area contributed by atoms with E-state index < -0.39 is 15.9 Å². The Kier molecular flexibility index (Phi) is 5.93. The lowest BCUT2D eigenvalue weighted by atomic mass is 10.2. The highest BCUT2D eigenvalue weighted by Gasteiger charge is 2.20. The van der Waals surface area contributed by atoms with Gasteiger partial charge in [-0.05, 0) is 49.4 Å². The number of carbonyl (C=O) groups is 1. The van der Waals surface area contributed by atoms with E-state index in [4.69, 9.17) is 11.6 Å². The van der Waals surface area contributed by atoms with Crippen LogP contribution < -0.4 is 10.0 Å². The Morgan fingerprint density at radius 3 is 2.34 bits per heavy atom. The van der Waals surface area contributed by atoms with Crippen molar-refractivity contribution >= 4 is 38.9 Å². The number of anilines is 2. The van der Waals surface area contributed by atoms with E-state index in [1.54, 1.807) is 73.7 Å². The summed E-state index contributed by atoms with van der Waals surface area (Å²) in [4.78, 5) is 13.0. The smallest absolute Gasteiger partial charge is 0.278 e. The van der Waals surface area contributed by atoms with Crippen molar-refractivity contribution in [2.75, 3.05) is 10.0 Å². The van der Waals surface area contributed by atoms with Gasteiger partial charge in [0.2, 0.25) is 0 Å². The molecule has 0 radical (unpaired) electrons. The Morgan fingerprint density at radius 2 is 1.62 bits per heavy atom. The van der Waals surface area contributed by atoms with Gasteiger partial charge in [0, 0.05) is 5.02 Å². The molecule has 0 saturated carbocycles. The zero-order valence-electron chi connectivity index (χ0n) is 16.9. The SMILES string of the molecule is Cc1c(C(=O)Nc2ccccc2NS(=O)(=O)c2ccccc2)nnn1-c1cccc(Cl)c1. The van der Waals surface area contributed by atoms with E-state index in [0.29, 0.717) is 16.4 Å². The number of hydrogen-bond donors (Lipinski definition) is 2. The molecule has 3 aromatic carbocycles. The molecule has 0 saturated heterocycles. The first-order valence-corrected chi connectivity index (χ1v) is 11.4. The van der Waals surface area contributed by atoms with E-state index in [1.807, 2.05) is 0 Å². The van der Waals surface area contributed by atoms with Gasteiger partial charge in [0.05, 0.1) is 27.7 Å². The second kappa shape index (κ2) is 8.81. The molecule has 2 N–H and O–H groups in total. The van der Waals surface area contributed by atoms with E-state index in [1.165, 1.54) is 16.8 Å². The molecule has 8 nitrogen and oxygen atoms in total. The third kappa shape index (κ3) is 4.48. The summed E-state index contributed by atoms with van der Waals surface area (Å²) in [6, 6.07) is 21.5. The molecular formula is C22H18ClN5O3S. The molecule has 1 aromatic heterocycles. The maximum atomic E-state index is 12.9. The Balaban J connectivity index is 1.59. The Bertz CT molecular complexity index is 1390. The van der Waals surface area contributed by atoms with E-state index in [2.05, 4.69) is 20.4 Å². The minimum absolute atomic E-state index is 0.102. The number of hydrogen-bond acceptors (Lipinski definition) is 5. The number of amides is 1. The average Bonchev–Trinajstić information content (AvgIpc) is 3.17. The van der Waals surface area contributed by atoms with Gasteiger partial charge >= 0.3 is 0 Å². The maximum absolute atomic E-state index is 12.9.